The first-order valence-corrected chi connectivity index (χ1v) is 5.41. The van der Waals surface area contributed by atoms with Crippen LogP contribution in [-0.2, 0) is 9.53 Å². The highest BCUT2D eigenvalue weighted by atomic mass is 32.2. The maximum absolute atomic E-state index is 11.3. The van der Waals surface area contributed by atoms with Gasteiger partial charge < -0.3 is 4.74 Å². The lowest BCUT2D eigenvalue weighted by molar-refractivity contribution is -0.149. The van der Waals surface area contributed by atoms with Crippen LogP contribution in [0.1, 0.15) is 20.3 Å². The topological polar surface area (TPSA) is 38.3 Å². The Kier molecular flexibility index (Phi) is 3.88. The fourth-order valence-corrected chi connectivity index (χ4v) is 1.84. The number of carbonyl (C=O) groups is 1. The third-order valence-corrected chi connectivity index (χ3v) is 2.83. The van der Waals surface area contributed by atoms with Crippen LogP contribution < -0.4 is 5.32 Å². The molecule has 1 aliphatic heterocycles. The first kappa shape index (κ1) is 9.86. The smallest absolute Gasteiger partial charge is 0.324 e. The number of rotatable bonds is 3. The molecule has 0 aromatic carbocycles. The number of carbonyl (C=O) groups excluding carboxylic acids is 1. The molecule has 0 radical (unpaired) electrons. The summed E-state index contributed by atoms with van der Waals surface area (Å²) in [6.07, 6.45) is 0.927. The van der Waals surface area contributed by atoms with Crippen molar-refractivity contribution in [3.63, 3.8) is 0 Å². The predicted octanol–water partition coefficient (Wildman–Crippen LogP) is 0.991. The Morgan fingerprint density at radius 3 is 3.08 bits per heavy atom. The highest BCUT2D eigenvalue weighted by Gasteiger charge is 2.24. The van der Waals surface area contributed by atoms with E-state index in [0.717, 1.165) is 18.1 Å². The van der Waals surface area contributed by atoms with Gasteiger partial charge in [0, 0.05) is 11.6 Å². The minimum atomic E-state index is -0.102. The largest absolute Gasteiger partial charge is 0.461 e. The summed E-state index contributed by atoms with van der Waals surface area (Å²) in [6.45, 7) is 3.93. The van der Waals surface area contributed by atoms with E-state index in [-0.39, 0.29) is 18.1 Å². The SMILES string of the molecule is CCC(C)OC(=O)C1CSCN1. The molecule has 1 fully saturated rings. The van der Waals surface area contributed by atoms with E-state index >= 15 is 0 Å². The fraction of sp³-hybridized carbons (Fsp3) is 0.875. The maximum atomic E-state index is 11.3. The van der Waals surface area contributed by atoms with Crippen molar-refractivity contribution in [2.45, 2.75) is 32.4 Å². The van der Waals surface area contributed by atoms with Crippen molar-refractivity contribution in [2.24, 2.45) is 0 Å². The second-order valence-electron chi connectivity index (χ2n) is 2.93. The molecule has 0 amide bonds. The molecule has 2 atom stereocenters. The highest BCUT2D eigenvalue weighted by molar-refractivity contribution is 7.99. The van der Waals surface area contributed by atoms with Crippen LogP contribution in [0.25, 0.3) is 0 Å². The van der Waals surface area contributed by atoms with Gasteiger partial charge in [-0.05, 0) is 13.3 Å². The molecule has 1 aliphatic rings. The van der Waals surface area contributed by atoms with Gasteiger partial charge in [0.1, 0.15) is 6.04 Å². The third kappa shape index (κ3) is 2.68. The summed E-state index contributed by atoms with van der Waals surface area (Å²) in [6, 6.07) is -0.0796. The maximum Gasteiger partial charge on any atom is 0.324 e. The Morgan fingerprint density at radius 1 is 1.83 bits per heavy atom. The molecule has 4 heteroatoms. The Morgan fingerprint density at radius 2 is 2.58 bits per heavy atom. The summed E-state index contributed by atoms with van der Waals surface area (Å²) >= 11 is 1.73. The summed E-state index contributed by atoms with van der Waals surface area (Å²) < 4.78 is 5.17. The van der Waals surface area contributed by atoms with E-state index in [4.69, 9.17) is 4.74 Å². The van der Waals surface area contributed by atoms with Crippen LogP contribution in [0.15, 0.2) is 0 Å². The first-order chi connectivity index (χ1) is 5.74. The summed E-state index contributed by atoms with van der Waals surface area (Å²) in [7, 11) is 0. The van der Waals surface area contributed by atoms with Crippen LogP contribution in [0.4, 0.5) is 0 Å². The van der Waals surface area contributed by atoms with Gasteiger partial charge in [0.2, 0.25) is 0 Å². The van der Waals surface area contributed by atoms with Crippen molar-refractivity contribution in [3.05, 3.63) is 0 Å². The molecule has 12 heavy (non-hydrogen) atoms. The molecular formula is C8H15NO2S. The van der Waals surface area contributed by atoms with Crippen LogP contribution in [0.2, 0.25) is 0 Å². The molecule has 0 spiro atoms. The molecule has 0 aromatic rings. The average Bonchev–Trinajstić information content (AvgIpc) is 2.56. The van der Waals surface area contributed by atoms with Crippen molar-refractivity contribution in [1.82, 2.24) is 5.32 Å². The van der Waals surface area contributed by atoms with E-state index in [1.54, 1.807) is 11.8 Å². The summed E-state index contributed by atoms with van der Waals surface area (Å²) in [5.74, 6) is 1.60. The molecule has 0 bridgehead atoms. The Hall–Kier alpha value is -0.220. The Labute approximate surface area is 77.2 Å². The van der Waals surface area contributed by atoms with Gasteiger partial charge in [-0.3, -0.25) is 10.1 Å². The molecule has 70 valence electrons. The molecule has 1 saturated heterocycles. The normalized spacial score (nSPS) is 25.3. The highest BCUT2D eigenvalue weighted by Crippen LogP contribution is 2.11. The number of hydrogen-bond acceptors (Lipinski definition) is 4. The Bertz CT molecular complexity index is 157. The minimum absolute atomic E-state index is 0.0462. The van der Waals surface area contributed by atoms with Crippen LogP contribution in [-0.4, -0.2) is 29.7 Å². The standard InChI is InChI=1S/C8H15NO2S/c1-3-6(2)11-8(10)7-4-12-5-9-7/h6-7,9H,3-5H2,1-2H3. The van der Waals surface area contributed by atoms with Crippen LogP contribution in [0.5, 0.6) is 0 Å². The second-order valence-corrected chi connectivity index (χ2v) is 3.96. The fourth-order valence-electron chi connectivity index (χ4n) is 0.910. The van der Waals surface area contributed by atoms with Crippen molar-refractivity contribution in [3.8, 4) is 0 Å². The van der Waals surface area contributed by atoms with E-state index in [1.807, 2.05) is 13.8 Å². The van der Waals surface area contributed by atoms with Crippen molar-refractivity contribution in [2.75, 3.05) is 11.6 Å². The number of thioether (sulfide) groups is 1. The Balaban J connectivity index is 2.27. The lowest BCUT2D eigenvalue weighted by Gasteiger charge is -2.14. The molecule has 1 N–H and O–H groups in total. The minimum Gasteiger partial charge on any atom is -0.461 e. The summed E-state index contributed by atoms with van der Waals surface area (Å²) in [4.78, 5) is 11.3. The zero-order chi connectivity index (χ0) is 8.97. The van der Waals surface area contributed by atoms with Crippen molar-refractivity contribution < 1.29 is 9.53 Å². The lowest BCUT2D eigenvalue weighted by atomic mass is 10.3. The van der Waals surface area contributed by atoms with Crippen molar-refractivity contribution >= 4 is 17.7 Å². The molecule has 1 rings (SSSR count). The zero-order valence-electron chi connectivity index (χ0n) is 7.50. The van der Waals surface area contributed by atoms with Gasteiger partial charge in [-0.25, -0.2) is 0 Å². The van der Waals surface area contributed by atoms with E-state index in [2.05, 4.69) is 5.32 Å². The predicted molar refractivity (Wildman–Crippen MR) is 50.1 cm³/mol. The third-order valence-electron chi connectivity index (χ3n) is 1.89. The molecular weight excluding hydrogens is 174 g/mol. The van der Waals surface area contributed by atoms with Gasteiger partial charge in [0.15, 0.2) is 0 Å². The van der Waals surface area contributed by atoms with E-state index < -0.39 is 0 Å². The number of esters is 1. The second kappa shape index (κ2) is 4.72. The molecule has 0 saturated carbocycles. The van der Waals surface area contributed by atoms with Crippen molar-refractivity contribution in [1.29, 1.82) is 0 Å². The summed E-state index contributed by atoms with van der Waals surface area (Å²) in [5.41, 5.74) is 0. The quantitative estimate of drug-likeness (QED) is 0.672. The number of nitrogens with one attached hydrogen (secondary N) is 1. The average molecular weight is 189 g/mol. The zero-order valence-corrected chi connectivity index (χ0v) is 8.32. The van der Waals surface area contributed by atoms with E-state index in [0.29, 0.717) is 0 Å². The molecule has 2 unspecified atom stereocenters. The van der Waals surface area contributed by atoms with Crippen LogP contribution in [0.3, 0.4) is 0 Å². The van der Waals surface area contributed by atoms with E-state index in [1.165, 1.54) is 0 Å². The van der Waals surface area contributed by atoms with Gasteiger partial charge >= 0.3 is 5.97 Å². The van der Waals surface area contributed by atoms with Gasteiger partial charge in [-0.2, -0.15) is 0 Å². The monoisotopic (exact) mass is 189 g/mol. The van der Waals surface area contributed by atoms with Crippen LogP contribution >= 0.6 is 11.8 Å². The molecule has 0 aliphatic carbocycles. The van der Waals surface area contributed by atoms with Gasteiger partial charge in [-0.15, -0.1) is 11.8 Å². The molecule has 0 aromatic heterocycles. The van der Waals surface area contributed by atoms with Gasteiger partial charge in [-0.1, -0.05) is 6.92 Å². The van der Waals surface area contributed by atoms with Crippen LogP contribution in [0, 0.1) is 0 Å². The first-order valence-electron chi connectivity index (χ1n) is 4.25. The molecule has 3 nitrogen and oxygen atoms in total. The van der Waals surface area contributed by atoms with Gasteiger partial charge in [0.25, 0.3) is 0 Å². The molecule has 1 heterocycles. The van der Waals surface area contributed by atoms with Gasteiger partial charge in [0.05, 0.1) is 6.10 Å². The number of ether oxygens (including phenoxy) is 1. The van der Waals surface area contributed by atoms with E-state index in [9.17, 15) is 4.79 Å². The summed E-state index contributed by atoms with van der Waals surface area (Å²) in [5, 5.41) is 3.07. The number of hydrogen-bond donors (Lipinski definition) is 1. The lowest BCUT2D eigenvalue weighted by Crippen LogP contribution is -2.36.